The van der Waals surface area contributed by atoms with Crippen molar-refractivity contribution < 1.29 is 13.2 Å². The van der Waals surface area contributed by atoms with Gasteiger partial charge in [-0.25, -0.2) is 8.42 Å². The van der Waals surface area contributed by atoms with Crippen molar-refractivity contribution in [3.05, 3.63) is 0 Å². The summed E-state index contributed by atoms with van der Waals surface area (Å²) in [5.74, 6) is 0.788. The first kappa shape index (κ1) is 14.8. The Kier molecular flexibility index (Phi) is 5.73. The van der Waals surface area contributed by atoms with Gasteiger partial charge in [0.2, 0.25) is 5.91 Å². The van der Waals surface area contributed by atoms with Gasteiger partial charge in [-0.3, -0.25) is 4.79 Å². The van der Waals surface area contributed by atoms with Crippen molar-refractivity contribution >= 4 is 27.3 Å². The Bertz CT molecular complexity index is 356. The Morgan fingerprint density at radius 1 is 1.53 bits per heavy atom. The van der Waals surface area contributed by atoms with Gasteiger partial charge >= 0.3 is 0 Å². The first-order valence-corrected chi connectivity index (χ1v) is 8.34. The molecular formula is C11H20ClNO3S. The topological polar surface area (TPSA) is 63.2 Å². The maximum atomic E-state index is 11.6. The second-order valence-electron chi connectivity index (χ2n) is 4.79. The molecule has 100 valence electrons. The number of halogens is 1. The Morgan fingerprint density at radius 3 is 2.76 bits per heavy atom. The highest BCUT2D eigenvalue weighted by molar-refractivity contribution is 7.91. The molecule has 1 heterocycles. The standard InChI is InChI=1S/C11H20ClNO3S/c1-9(7-12)3-2-5-13-11(14)10-4-6-17(15,16)8-10/h9-10H,2-8H2,1H3,(H,13,14). The van der Waals surface area contributed by atoms with Gasteiger partial charge < -0.3 is 5.32 Å². The van der Waals surface area contributed by atoms with Gasteiger partial charge in [0.15, 0.2) is 9.84 Å². The predicted octanol–water partition coefficient (Wildman–Crippen LogP) is 1.19. The minimum Gasteiger partial charge on any atom is -0.356 e. The van der Waals surface area contributed by atoms with Gasteiger partial charge in [0.1, 0.15) is 0 Å². The maximum Gasteiger partial charge on any atom is 0.224 e. The Balaban J connectivity index is 2.18. The largest absolute Gasteiger partial charge is 0.356 e. The number of sulfone groups is 1. The molecule has 1 rings (SSSR count). The normalized spacial score (nSPS) is 24.5. The molecule has 1 N–H and O–H groups in total. The zero-order valence-corrected chi connectivity index (χ0v) is 11.7. The van der Waals surface area contributed by atoms with Crippen molar-refractivity contribution in [3.8, 4) is 0 Å². The summed E-state index contributed by atoms with van der Waals surface area (Å²) >= 11 is 5.67. The zero-order chi connectivity index (χ0) is 12.9. The van der Waals surface area contributed by atoms with E-state index in [-0.39, 0.29) is 23.3 Å². The van der Waals surface area contributed by atoms with E-state index in [1.165, 1.54) is 0 Å². The van der Waals surface area contributed by atoms with Gasteiger partial charge in [-0.15, -0.1) is 11.6 Å². The van der Waals surface area contributed by atoms with E-state index in [4.69, 9.17) is 11.6 Å². The van der Waals surface area contributed by atoms with Crippen LogP contribution >= 0.6 is 11.6 Å². The molecule has 0 bridgehead atoms. The van der Waals surface area contributed by atoms with Crippen molar-refractivity contribution in [2.24, 2.45) is 11.8 Å². The van der Waals surface area contributed by atoms with Crippen molar-refractivity contribution in [3.63, 3.8) is 0 Å². The Labute approximate surface area is 108 Å². The molecular weight excluding hydrogens is 262 g/mol. The van der Waals surface area contributed by atoms with Crippen LogP contribution in [0.15, 0.2) is 0 Å². The molecule has 1 fully saturated rings. The van der Waals surface area contributed by atoms with Crippen LogP contribution < -0.4 is 5.32 Å². The van der Waals surface area contributed by atoms with Crippen LogP contribution in [0.3, 0.4) is 0 Å². The van der Waals surface area contributed by atoms with Crippen LogP contribution in [0.4, 0.5) is 0 Å². The number of carbonyl (C=O) groups is 1. The fraction of sp³-hybridized carbons (Fsp3) is 0.909. The van der Waals surface area contributed by atoms with Crippen LogP contribution in [0, 0.1) is 11.8 Å². The van der Waals surface area contributed by atoms with E-state index in [1.54, 1.807) is 0 Å². The van der Waals surface area contributed by atoms with E-state index < -0.39 is 9.84 Å². The number of rotatable bonds is 6. The number of carbonyl (C=O) groups excluding carboxylic acids is 1. The first-order chi connectivity index (χ1) is 7.94. The summed E-state index contributed by atoms with van der Waals surface area (Å²) in [7, 11) is -2.97. The average Bonchev–Trinajstić information content (AvgIpc) is 2.64. The van der Waals surface area contributed by atoms with Gasteiger partial charge in [0, 0.05) is 12.4 Å². The molecule has 0 radical (unpaired) electrons. The van der Waals surface area contributed by atoms with Crippen LogP contribution in [-0.2, 0) is 14.6 Å². The van der Waals surface area contributed by atoms with Crippen LogP contribution in [0.25, 0.3) is 0 Å². The van der Waals surface area contributed by atoms with Gasteiger partial charge in [-0.2, -0.15) is 0 Å². The van der Waals surface area contributed by atoms with E-state index in [2.05, 4.69) is 12.2 Å². The highest BCUT2D eigenvalue weighted by atomic mass is 35.5. The van der Waals surface area contributed by atoms with Crippen molar-refractivity contribution in [2.75, 3.05) is 23.9 Å². The molecule has 1 aliphatic rings. The molecule has 0 aromatic carbocycles. The first-order valence-electron chi connectivity index (χ1n) is 5.98. The molecule has 0 spiro atoms. The molecule has 0 aromatic heterocycles. The van der Waals surface area contributed by atoms with Crippen LogP contribution in [0.1, 0.15) is 26.2 Å². The molecule has 0 aromatic rings. The quantitative estimate of drug-likeness (QED) is 0.588. The third-order valence-corrected chi connectivity index (χ3v) is 5.33. The Morgan fingerprint density at radius 2 is 2.24 bits per heavy atom. The van der Waals surface area contributed by atoms with E-state index in [0.717, 1.165) is 12.8 Å². The van der Waals surface area contributed by atoms with E-state index >= 15 is 0 Å². The molecule has 4 nitrogen and oxygen atoms in total. The van der Waals surface area contributed by atoms with Gasteiger partial charge in [0.05, 0.1) is 17.4 Å². The summed E-state index contributed by atoms with van der Waals surface area (Å²) < 4.78 is 22.4. The summed E-state index contributed by atoms with van der Waals surface area (Å²) in [6, 6.07) is 0. The van der Waals surface area contributed by atoms with Crippen molar-refractivity contribution in [1.29, 1.82) is 0 Å². The number of amides is 1. The number of alkyl halides is 1. The van der Waals surface area contributed by atoms with Crippen molar-refractivity contribution in [2.45, 2.75) is 26.2 Å². The number of hydrogen-bond donors (Lipinski definition) is 1. The number of nitrogens with one attached hydrogen (secondary N) is 1. The molecule has 0 aliphatic carbocycles. The molecule has 0 saturated carbocycles. The molecule has 1 aliphatic heterocycles. The lowest BCUT2D eigenvalue weighted by atomic mass is 10.1. The van der Waals surface area contributed by atoms with E-state index in [0.29, 0.717) is 24.8 Å². The van der Waals surface area contributed by atoms with Crippen molar-refractivity contribution in [1.82, 2.24) is 5.32 Å². The van der Waals surface area contributed by atoms with E-state index in [1.807, 2.05) is 0 Å². The van der Waals surface area contributed by atoms with Gasteiger partial charge in [-0.05, 0) is 25.2 Å². The second kappa shape index (κ2) is 6.59. The fourth-order valence-electron chi connectivity index (χ4n) is 1.89. The summed E-state index contributed by atoms with van der Waals surface area (Å²) in [4.78, 5) is 11.6. The van der Waals surface area contributed by atoms with Crippen LogP contribution in [-0.4, -0.2) is 38.3 Å². The predicted molar refractivity (Wildman–Crippen MR) is 68.9 cm³/mol. The fourth-order valence-corrected chi connectivity index (χ4v) is 3.78. The monoisotopic (exact) mass is 281 g/mol. The lowest BCUT2D eigenvalue weighted by Crippen LogP contribution is -2.32. The average molecular weight is 282 g/mol. The maximum absolute atomic E-state index is 11.6. The lowest BCUT2D eigenvalue weighted by molar-refractivity contribution is -0.124. The number of hydrogen-bond acceptors (Lipinski definition) is 3. The molecule has 1 amide bonds. The summed E-state index contributed by atoms with van der Waals surface area (Å²) in [5.41, 5.74) is 0. The summed E-state index contributed by atoms with van der Waals surface area (Å²) in [6.45, 7) is 2.68. The SMILES string of the molecule is CC(CCl)CCCNC(=O)C1CCS(=O)(=O)C1. The van der Waals surface area contributed by atoms with Gasteiger partial charge in [0.25, 0.3) is 0 Å². The summed E-state index contributed by atoms with van der Waals surface area (Å²) in [5, 5.41) is 2.80. The van der Waals surface area contributed by atoms with E-state index in [9.17, 15) is 13.2 Å². The molecule has 6 heteroatoms. The van der Waals surface area contributed by atoms with Crippen LogP contribution in [0.2, 0.25) is 0 Å². The van der Waals surface area contributed by atoms with Gasteiger partial charge in [-0.1, -0.05) is 6.92 Å². The summed E-state index contributed by atoms with van der Waals surface area (Å²) in [6.07, 6.45) is 2.33. The Hall–Kier alpha value is -0.290. The minimum absolute atomic E-state index is 0.0108. The second-order valence-corrected chi connectivity index (χ2v) is 7.33. The zero-order valence-electron chi connectivity index (χ0n) is 10.1. The molecule has 2 unspecified atom stereocenters. The third kappa shape index (κ3) is 5.25. The highest BCUT2D eigenvalue weighted by Gasteiger charge is 2.32. The highest BCUT2D eigenvalue weighted by Crippen LogP contribution is 2.18. The molecule has 2 atom stereocenters. The molecule has 17 heavy (non-hydrogen) atoms. The third-order valence-electron chi connectivity index (χ3n) is 3.04. The lowest BCUT2D eigenvalue weighted by Gasteiger charge is -2.10. The molecule has 1 saturated heterocycles. The minimum atomic E-state index is -2.97. The smallest absolute Gasteiger partial charge is 0.224 e. The van der Waals surface area contributed by atoms with Crippen LogP contribution in [0.5, 0.6) is 0 Å².